The summed E-state index contributed by atoms with van der Waals surface area (Å²) in [6, 6.07) is 3.67. The number of anilines is 1. The Morgan fingerprint density at radius 2 is 2.21 bits per heavy atom. The fourth-order valence-electron chi connectivity index (χ4n) is 2.81. The molecule has 0 aliphatic carbocycles. The molecule has 126 valence electrons. The van der Waals surface area contributed by atoms with Crippen molar-refractivity contribution in [1.29, 1.82) is 0 Å². The van der Waals surface area contributed by atoms with Gasteiger partial charge >= 0.3 is 6.09 Å². The molecule has 0 aliphatic rings. The Balaban J connectivity index is 2.16. The molecule has 3 heterocycles. The summed E-state index contributed by atoms with van der Waals surface area (Å²) in [7, 11) is 0. The fraction of sp³-hybridized carbons (Fsp3) is 0.375. The van der Waals surface area contributed by atoms with Gasteiger partial charge in [-0.15, -0.1) is 0 Å². The minimum atomic E-state index is -1.04. The summed E-state index contributed by atoms with van der Waals surface area (Å²) in [4.78, 5) is 24.2. The molecule has 8 heteroatoms. The van der Waals surface area contributed by atoms with Gasteiger partial charge in [0.25, 0.3) is 0 Å². The monoisotopic (exact) mass is 328 g/mol. The van der Waals surface area contributed by atoms with Crippen LogP contribution in [0, 0.1) is 0 Å². The van der Waals surface area contributed by atoms with Crippen molar-refractivity contribution in [2.24, 2.45) is 0 Å². The molecule has 0 bridgehead atoms. The molecule has 1 amide bonds. The highest BCUT2D eigenvalue weighted by atomic mass is 16.4. The maximum Gasteiger partial charge on any atom is 0.404 e. The summed E-state index contributed by atoms with van der Waals surface area (Å²) >= 11 is 0. The number of carbonyl (C=O) groups is 1. The Hall–Kier alpha value is -2.90. The summed E-state index contributed by atoms with van der Waals surface area (Å²) in [5.74, 6) is 1.25. The number of pyridine rings is 2. The molecule has 3 rings (SSSR count). The summed E-state index contributed by atoms with van der Waals surface area (Å²) in [6.07, 6.45) is 3.50. The van der Waals surface area contributed by atoms with Crippen LogP contribution in [0.4, 0.5) is 10.6 Å². The quantitative estimate of drug-likeness (QED) is 0.638. The van der Waals surface area contributed by atoms with Crippen LogP contribution < -0.4 is 11.1 Å². The van der Waals surface area contributed by atoms with Crippen molar-refractivity contribution in [3.8, 4) is 0 Å². The van der Waals surface area contributed by atoms with Gasteiger partial charge in [-0.3, -0.25) is 4.98 Å². The van der Waals surface area contributed by atoms with E-state index < -0.39 is 6.09 Å². The van der Waals surface area contributed by atoms with Gasteiger partial charge in [0, 0.05) is 25.7 Å². The first-order chi connectivity index (χ1) is 11.6. The molecule has 0 radical (unpaired) electrons. The molecule has 3 aromatic heterocycles. The second-order valence-corrected chi connectivity index (χ2v) is 5.58. The van der Waals surface area contributed by atoms with E-state index in [9.17, 15) is 4.79 Å². The molecule has 0 fully saturated rings. The lowest BCUT2D eigenvalue weighted by Crippen LogP contribution is -2.25. The molecule has 0 aromatic carbocycles. The lowest BCUT2D eigenvalue weighted by Gasteiger charge is -2.10. The first kappa shape index (κ1) is 16.0. The predicted molar refractivity (Wildman–Crippen MR) is 91.9 cm³/mol. The van der Waals surface area contributed by atoms with Crippen LogP contribution in [-0.4, -0.2) is 37.3 Å². The van der Waals surface area contributed by atoms with Crippen LogP contribution in [-0.2, 0) is 13.0 Å². The number of nitrogens with two attached hydrogens (primary N) is 1. The molecular weight excluding hydrogens is 308 g/mol. The average molecular weight is 328 g/mol. The summed E-state index contributed by atoms with van der Waals surface area (Å²) in [5.41, 5.74) is 8.96. The number of aromatic nitrogens is 4. The zero-order chi connectivity index (χ0) is 17.1. The number of fused-ring (bicyclic) bond motifs is 3. The number of hydrogen-bond donors (Lipinski definition) is 3. The van der Waals surface area contributed by atoms with Gasteiger partial charge < -0.3 is 20.7 Å². The molecule has 0 atom stereocenters. The van der Waals surface area contributed by atoms with Crippen LogP contribution in [0.1, 0.15) is 25.6 Å². The lowest BCUT2D eigenvalue weighted by molar-refractivity contribution is 0.194. The second-order valence-electron chi connectivity index (χ2n) is 5.58. The molecule has 0 saturated carbocycles. The topological polar surface area (TPSA) is 119 Å². The number of carboxylic acid groups (broad SMARTS) is 1. The van der Waals surface area contributed by atoms with E-state index in [1.165, 1.54) is 0 Å². The molecule has 4 N–H and O–H groups in total. The van der Waals surface area contributed by atoms with Crippen molar-refractivity contribution in [2.45, 2.75) is 32.7 Å². The van der Waals surface area contributed by atoms with Crippen molar-refractivity contribution < 1.29 is 9.90 Å². The van der Waals surface area contributed by atoms with Crippen molar-refractivity contribution in [2.75, 3.05) is 12.3 Å². The van der Waals surface area contributed by atoms with Gasteiger partial charge in [-0.2, -0.15) is 0 Å². The normalized spacial score (nSPS) is 11.2. The van der Waals surface area contributed by atoms with E-state index in [0.29, 0.717) is 23.4 Å². The molecule has 24 heavy (non-hydrogen) atoms. The molecule has 0 aliphatic heterocycles. The molecule has 0 saturated heterocycles. The lowest BCUT2D eigenvalue weighted by atomic mass is 10.2. The summed E-state index contributed by atoms with van der Waals surface area (Å²) in [6.45, 7) is 2.87. The Morgan fingerprint density at radius 3 is 2.96 bits per heavy atom. The molecule has 0 spiro atoms. The minimum absolute atomic E-state index is 0.288. The predicted octanol–water partition coefficient (Wildman–Crippen LogP) is 2.17. The number of imidazole rings is 1. The van der Waals surface area contributed by atoms with Gasteiger partial charge in [0.05, 0.1) is 5.52 Å². The van der Waals surface area contributed by atoms with E-state index in [1.54, 1.807) is 6.20 Å². The SMILES string of the molecule is CCCCc1nc2c(N)nc3cccnc3c2n1CCNC(=O)O. The highest BCUT2D eigenvalue weighted by Crippen LogP contribution is 2.27. The highest BCUT2D eigenvalue weighted by Gasteiger charge is 2.17. The van der Waals surface area contributed by atoms with Crippen LogP contribution in [0.3, 0.4) is 0 Å². The molecule has 3 aromatic rings. The van der Waals surface area contributed by atoms with Gasteiger partial charge in [0.1, 0.15) is 22.4 Å². The average Bonchev–Trinajstić information content (AvgIpc) is 2.92. The zero-order valence-electron chi connectivity index (χ0n) is 13.5. The van der Waals surface area contributed by atoms with Crippen LogP contribution in [0.5, 0.6) is 0 Å². The fourth-order valence-corrected chi connectivity index (χ4v) is 2.81. The van der Waals surface area contributed by atoms with Gasteiger partial charge in [-0.1, -0.05) is 13.3 Å². The van der Waals surface area contributed by atoms with E-state index in [0.717, 1.165) is 36.1 Å². The smallest absolute Gasteiger partial charge is 0.404 e. The number of rotatable bonds is 6. The zero-order valence-corrected chi connectivity index (χ0v) is 13.5. The number of nitrogen functional groups attached to an aromatic ring is 1. The number of amides is 1. The van der Waals surface area contributed by atoms with Gasteiger partial charge in [0.2, 0.25) is 0 Å². The molecule has 8 nitrogen and oxygen atoms in total. The summed E-state index contributed by atoms with van der Waals surface area (Å²) < 4.78 is 2.01. The number of hydrogen-bond acceptors (Lipinski definition) is 5. The van der Waals surface area contributed by atoms with Crippen LogP contribution in [0.2, 0.25) is 0 Å². The number of aryl methyl sites for hydroxylation is 1. The van der Waals surface area contributed by atoms with Crippen molar-refractivity contribution in [1.82, 2.24) is 24.8 Å². The number of nitrogens with one attached hydrogen (secondary N) is 1. The van der Waals surface area contributed by atoms with Gasteiger partial charge in [-0.05, 0) is 18.6 Å². The Morgan fingerprint density at radius 1 is 1.38 bits per heavy atom. The standard InChI is InChI=1S/C16H20N6O2/c1-2-3-6-11-21-13-14(22(11)9-8-19-16(23)24)12-10(20-15(13)17)5-4-7-18-12/h4-5,7,19H,2-3,6,8-9H2,1H3,(H2,17,20)(H,23,24). The van der Waals surface area contributed by atoms with Crippen molar-refractivity contribution >= 4 is 34.0 Å². The third-order valence-corrected chi connectivity index (χ3v) is 3.91. The molecule has 0 unspecified atom stereocenters. The first-order valence-electron chi connectivity index (χ1n) is 7.98. The van der Waals surface area contributed by atoms with E-state index in [1.807, 2.05) is 16.7 Å². The Kier molecular flexibility index (Phi) is 4.45. The Labute approximate surface area is 138 Å². The number of nitrogens with zero attached hydrogens (tertiary/aromatic N) is 4. The maximum absolute atomic E-state index is 10.7. The van der Waals surface area contributed by atoms with E-state index in [2.05, 4.69) is 27.2 Å². The van der Waals surface area contributed by atoms with Gasteiger partial charge in [0.15, 0.2) is 5.82 Å². The van der Waals surface area contributed by atoms with Crippen LogP contribution in [0.25, 0.3) is 22.1 Å². The van der Waals surface area contributed by atoms with Gasteiger partial charge in [-0.25, -0.2) is 14.8 Å². The molecular formula is C16H20N6O2. The highest BCUT2D eigenvalue weighted by molar-refractivity contribution is 6.04. The van der Waals surface area contributed by atoms with Crippen LogP contribution in [0.15, 0.2) is 18.3 Å². The van der Waals surface area contributed by atoms with E-state index in [4.69, 9.17) is 10.8 Å². The summed E-state index contributed by atoms with van der Waals surface area (Å²) in [5, 5.41) is 11.2. The van der Waals surface area contributed by atoms with E-state index in [-0.39, 0.29) is 6.54 Å². The largest absolute Gasteiger partial charge is 0.465 e. The Bertz CT molecular complexity index is 889. The van der Waals surface area contributed by atoms with E-state index >= 15 is 0 Å². The third kappa shape index (κ3) is 2.94. The minimum Gasteiger partial charge on any atom is -0.465 e. The maximum atomic E-state index is 10.7. The van der Waals surface area contributed by atoms with Crippen LogP contribution >= 0.6 is 0 Å². The second kappa shape index (κ2) is 6.69. The first-order valence-corrected chi connectivity index (χ1v) is 7.98. The van der Waals surface area contributed by atoms with Crippen molar-refractivity contribution in [3.05, 3.63) is 24.2 Å². The number of unbranched alkanes of at least 4 members (excludes halogenated alkanes) is 1. The third-order valence-electron chi connectivity index (χ3n) is 3.91. The van der Waals surface area contributed by atoms with Crippen molar-refractivity contribution in [3.63, 3.8) is 0 Å².